The van der Waals surface area contributed by atoms with Crippen LogP contribution in [-0.2, 0) is 5.33 Å². The van der Waals surface area contributed by atoms with Crippen LogP contribution < -0.4 is 5.32 Å². The fourth-order valence-corrected chi connectivity index (χ4v) is 2.05. The van der Waals surface area contributed by atoms with Crippen molar-refractivity contribution in [3.8, 4) is 0 Å². The van der Waals surface area contributed by atoms with E-state index in [4.69, 9.17) is 0 Å². The average molecular weight is 353 g/mol. The van der Waals surface area contributed by atoms with Gasteiger partial charge in [0.1, 0.15) is 5.82 Å². The SMILES string of the molecule is O=C(Nc1ccc(CBr)cc1)c1ccc([N+](=O)[O-])cc1F. The van der Waals surface area contributed by atoms with E-state index in [1.807, 2.05) is 12.1 Å². The summed E-state index contributed by atoms with van der Waals surface area (Å²) in [4.78, 5) is 21.7. The summed E-state index contributed by atoms with van der Waals surface area (Å²) in [6.07, 6.45) is 0. The quantitative estimate of drug-likeness (QED) is 0.515. The molecule has 0 bridgehead atoms. The number of non-ortho nitro benzene ring substituents is 1. The van der Waals surface area contributed by atoms with E-state index in [2.05, 4.69) is 21.2 Å². The maximum absolute atomic E-state index is 13.7. The van der Waals surface area contributed by atoms with Gasteiger partial charge in [0.05, 0.1) is 16.6 Å². The van der Waals surface area contributed by atoms with Crippen LogP contribution in [0, 0.1) is 15.9 Å². The largest absolute Gasteiger partial charge is 0.322 e. The molecule has 0 saturated heterocycles. The van der Waals surface area contributed by atoms with Crippen molar-refractivity contribution in [3.05, 3.63) is 69.5 Å². The average Bonchev–Trinajstić information content (AvgIpc) is 2.47. The van der Waals surface area contributed by atoms with Crippen molar-refractivity contribution in [1.82, 2.24) is 0 Å². The Kier molecular flexibility index (Phi) is 4.64. The molecule has 0 aromatic heterocycles. The first-order valence-corrected chi connectivity index (χ1v) is 7.03. The van der Waals surface area contributed by atoms with Gasteiger partial charge in [-0.3, -0.25) is 14.9 Å². The summed E-state index contributed by atoms with van der Waals surface area (Å²) in [5, 5.41) is 13.7. The molecule has 7 heteroatoms. The fraction of sp³-hybridized carbons (Fsp3) is 0.0714. The highest BCUT2D eigenvalue weighted by Crippen LogP contribution is 2.18. The smallest absolute Gasteiger partial charge is 0.272 e. The molecule has 1 amide bonds. The first-order chi connectivity index (χ1) is 10.0. The number of halogens is 2. The zero-order chi connectivity index (χ0) is 15.4. The predicted octanol–water partition coefficient (Wildman–Crippen LogP) is 3.88. The molecule has 0 aliphatic heterocycles. The lowest BCUT2D eigenvalue weighted by Crippen LogP contribution is -2.13. The third kappa shape index (κ3) is 3.63. The molecule has 1 N–H and O–H groups in total. The Hall–Kier alpha value is -2.28. The molecule has 0 radical (unpaired) electrons. The number of rotatable bonds is 4. The van der Waals surface area contributed by atoms with Crippen molar-refractivity contribution in [1.29, 1.82) is 0 Å². The molecular formula is C14H10BrFN2O3. The van der Waals surface area contributed by atoms with Crippen LogP contribution in [0.15, 0.2) is 42.5 Å². The van der Waals surface area contributed by atoms with Gasteiger partial charge in [-0.25, -0.2) is 4.39 Å². The Morgan fingerprint density at radius 3 is 2.43 bits per heavy atom. The molecule has 21 heavy (non-hydrogen) atoms. The number of carbonyl (C=O) groups excluding carboxylic acids is 1. The molecule has 0 unspecified atom stereocenters. The number of hydrogen-bond donors (Lipinski definition) is 1. The highest BCUT2D eigenvalue weighted by atomic mass is 79.9. The van der Waals surface area contributed by atoms with Gasteiger partial charge in [0.2, 0.25) is 0 Å². The molecule has 5 nitrogen and oxygen atoms in total. The Labute approximate surface area is 128 Å². The van der Waals surface area contributed by atoms with Gasteiger partial charge in [0.15, 0.2) is 0 Å². The number of anilines is 1. The minimum Gasteiger partial charge on any atom is -0.322 e. The summed E-state index contributed by atoms with van der Waals surface area (Å²) in [6.45, 7) is 0. The van der Waals surface area contributed by atoms with E-state index in [0.29, 0.717) is 11.0 Å². The van der Waals surface area contributed by atoms with Crippen LogP contribution in [0.4, 0.5) is 15.8 Å². The summed E-state index contributed by atoms with van der Waals surface area (Å²) in [5.41, 5.74) is 0.910. The van der Waals surface area contributed by atoms with Gasteiger partial charge < -0.3 is 5.32 Å². The van der Waals surface area contributed by atoms with Crippen molar-refractivity contribution < 1.29 is 14.1 Å². The van der Waals surface area contributed by atoms with Crippen LogP contribution in [-0.4, -0.2) is 10.8 Å². The van der Waals surface area contributed by atoms with Gasteiger partial charge in [0, 0.05) is 17.1 Å². The van der Waals surface area contributed by atoms with Crippen LogP contribution in [0.2, 0.25) is 0 Å². The summed E-state index contributed by atoms with van der Waals surface area (Å²) in [5.74, 6) is -1.59. The monoisotopic (exact) mass is 352 g/mol. The van der Waals surface area contributed by atoms with Gasteiger partial charge in [0.25, 0.3) is 11.6 Å². The van der Waals surface area contributed by atoms with E-state index in [1.54, 1.807) is 12.1 Å². The van der Waals surface area contributed by atoms with Crippen LogP contribution >= 0.6 is 15.9 Å². The number of nitrogens with zero attached hydrogens (tertiary/aromatic N) is 1. The first-order valence-electron chi connectivity index (χ1n) is 5.91. The van der Waals surface area contributed by atoms with Crippen LogP contribution in [0.5, 0.6) is 0 Å². The van der Waals surface area contributed by atoms with Crippen molar-refractivity contribution in [2.45, 2.75) is 5.33 Å². The Bertz CT molecular complexity index is 689. The van der Waals surface area contributed by atoms with Crippen molar-refractivity contribution >= 4 is 33.2 Å². The second-order valence-corrected chi connectivity index (χ2v) is 4.77. The topological polar surface area (TPSA) is 72.2 Å². The molecule has 0 spiro atoms. The number of amides is 1. The minimum absolute atomic E-state index is 0.245. The number of nitro groups is 1. The van der Waals surface area contributed by atoms with Crippen LogP contribution in [0.3, 0.4) is 0 Å². The van der Waals surface area contributed by atoms with Gasteiger partial charge in [-0.2, -0.15) is 0 Å². The molecule has 0 fully saturated rings. The number of nitrogens with one attached hydrogen (secondary N) is 1. The maximum Gasteiger partial charge on any atom is 0.272 e. The van der Waals surface area contributed by atoms with Crippen molar-refractivity contribution in [2.75, 3.05) is 5.32 Å². The van der Waals surface area contributed by atoms with Gasteiger partial charge in [-0.1, -0.05) is 28.1 Å². The van der Waals surface area contributed by atoms with E-state index >= 15 is 0 Å². The number of carbonyl (C=O) groups is 1. The highest BCUT2D eigenvalue weighted by molar-refractivity contribution is 9.08. The predicted molar refractivity (Wildman–Crippen MR) is 80.1 cm³/mol. The molecule has 108 valence electrons. The molecule has 0 saturated carbocycles. The van der Waals surface area contributed by atoms with E-state index in [1.165, 1.54) is 0 Å². The number of nitro benzene ring substituents is 1. The van der Waals surface area contributed by atoms with E-state index in [0.717, 1.165) is 23.8 Å². The first kappa shape index (κ1) is 15.1. The van der Waals surface area contributed by atoms with Crippen molar-refractivity contribution in [3.63, 3.8) is 0 Å². The molecule has 0 atom stereocenters. The van der Waals surface area contributed by atoms with Gasteiger partial charge in [-0.05, 0) is 23.8 Å². The second-order valence-electron chi connectivity index (χ2n) is 4.21. The molecule has 0 heterocycles. The standard InChI is InChI=1S/C14H10BrFN2O3/c15-8-9-1-3-10(4-2-9)17-14(19)12-6-5-11(18(20)21)7-13(12)16/h1-7H,8H2,(H,17,19). The third-order valence-corrected chi connectivity index (χ3v) is 3.42. The van der Waals surface area contributed by atoms with E-state index in [9.17, 15) is 19.3 Å². The van der Waals surface area contributed by atoms with Crippen LogP contribution in [0.1, 0.15) is 15.9 Å². The molecular weight excluding hydrogens is 343 g/mol. The molecule has 0 aliphatic carbocycles. The Morgan fingerprint density at radius 1 is 1.24 bits per heavy atom. The number of hydrogen-bond acceptors (Lipinski definition) is 3. The Balaban J connectivity index is 2.17. The number of benzene rings is 2. The summed E-state index contributed by atoms with van der Waals surface area (Å²) in [7, 11) is 0. The lowest BCUT2D eigenvalue weighted by Gasteiger charge is -2.06. The van der Waals surface area contributed by atoms with Crippen LogP contribution in [0.25, 0.3) is 0 Å². The fourth-order valence-electron chi connectivity index (χ4n) is 1.68. The van der Waals surface area contributed by atoms with E-state index < -0.39 is 22.3 Å². The lowest BCUT2D eigenvalue weighted by atomic mass is 10.1. The van der Waals surface area contributed by atoms with Crippen molar-refractivity contribution in [2.24, 2.45) is 0 Å². The zero-order valence-corrected chi connectivity index (χ0v) is 12.3. The molecule has 2 aromatic rings. The van der Waals surface area contributed by atoms with Gasteiger partial charge in [-0.15, -0.1) is 0 Å². The summed E-state index contributed by atoms with van der Waals surface area (Å²) >= 11 is 3.31. The third-order valence-electron chi connectivity index (χ3n) is 2.77. The zero-order valence-electron chi connectivity index (χ0n) is 10.7. The molecule has 2 rings (SSSR count). The Morgan fingerprint density at radius 2 is 1.90 bits per heavy atom. The van der Waals surface area contributed by atoms with Gasteiger partial charge >= 0.3 is 0 Å². The maximum atomic E-state index is 13.7. The molecule has 0 aliphatic rings. The second kappa shape index (κ2) is 6.45. The van der Waals surface area contributed by atoms with E-state index in [-0.39, 0.29) is 5.56 Å². The molecule has 2 aromatic carbocycles. The lowest BCUT2D eigenvalue weighted by molar-refractivity contribution is -0.385. The normalized spacial score (nSPS) is 10.2. The number of alkyl halides is 1. The highest BCUT2D eigenvalue weighted by Gasteiger charge is 2.16. The summed E-state index contributed by atoms with van der Waals surface area (Å²) < 4.78 is 13.7. The minimum atomic E-state index is -0.932. The summed E-state index contributed by atoms with van der Waals surface area (Å²) in [6, 6.07) is 9.92.